The Morgan fingerprint density at radius 3 is 0.565 bits per heavy atom. The number of esters is 4. The Morgan fingerprint density at radius 1 is 0.213 bits per heavy atom. The van der Waals surface area contributed by atoms with Gasteiger partial charge in [-0.1, -0.05) is 364 Å². The van der Waals surface area contributed by atoms with Gasteiger partial charge in [0.1, 0.15) is 0 Å². The third kappa shape index (κ3) is 65.0. The lowest BCUT2D eigenvalue weighted by molar-refractivity contribution is -0.150. The molecule has 0 aromatic rings. The summed E-state index contributed by atoms with van der Waals surface area (Å²) in [7, 11) is 0. The minimum Gasteiger partial charge on any atom is -0.465 e. The molecule has 0 amide bonds. The Labute approximate surface area is 673 Å². The van der Waals surface area contributed by atoms with Crippen LogP contribution in [0.25, 0.3) is 0 Å². The highest BCUT2D eigenvalue weighted by Gasteiger charge is 2.25. The zero-order valence-electron chi connectivity index (χ0n) is 73.9. The van der Waals surface area contributed by atoms with Crippen molar-refractivity contribution in [2.45, 2.75) is 466 Å². The van der Waals surface area contributed by atoms with E-state index in [2.05, 4.69) is 75.0 Å². The van der Waals surface area contributed by atoms with E-state index in [9.17, 15) is 19.2 Å². The van der Waals surface area contributed by atoms with Gasteiger partial charge in [0.15, 0.2) is 0 Å². The van der Waals surface area contributed by atoms with E-state index in [0.717, 1.165) is 258 Å². The first-order valence-electron chi connectivity index (χ1n) is 48.7. The van der Waals surface area contributed by atoms with Crippen molar-refractivity contribution < 1.29 is 38.1 Å². The van der Waals surface area contributed by atoms with Gasteiger partial charge in [-0.05, 0) is 129 Å². The smallest absolute Gasteiger partial charge is 0.308 e. The summed E-state index contributed by atoms with van der Waals surface area (Å²) >= 11 is 0. The predicted octanol–water partition coefficient (Wildman–Crippen LogP) is 27.0. The molecular weight excluding hydrogens is 1340 g/mol. The number of unbranched alkanes of at least 4 members (excludes halogenated alkanes) is 44. The van der Waals surface area contributed by atoms with Gasteiger partial charge in [-0.25, -0.2) is 0 Å². The summed E-state index contributed by atoms with van der Waals surface area (Å²) in [6.07, 6.45) is 75.0. The number of carbonyl (C=O) groups is 4. The second kappa shape index (κ2) is 81.3. The van der Waals surface area contributed by atoms with Crippen LogP contribution in [0.2, 0.25) is 0 Å². The van der Waals surface area contributed by atoms with Crippen LogP contribution in [0.4, 0.5) is 0 Å². The molecule has 0 saturated carbocycles. The first-order valence-corrected chi connectivity index (χ1v) is 48.7. The fourth-order valence-corrected chi connectivity index (χ4v) is 16.3. The van der Waals surface area contributed by atoms with E-state index in [4.69, 9.17) is 18.9 Å². The quantitative estimate of drug-likeness (QED) is 0.0328. The van der Waals surface area contributed by atoms with Crippen LogP contribution < -0.4 is 0 Å². The number of hydrogen-bond acceptors (Lipinski definition) is 12. The van der Waals surface area contributed by atoms with Crippen molar-refractivity contribution in [2.24, 2.45) is 23.7 Å². The van der Waals surface area contributed by atoms with Crippen molar-refractivity contribution in [3.05, 3.63) is 0 Å². The highest BCUT2D eigenvalue weighted by Crippen LogP contribution is 2.26. The van der Waals surface area contributed by atoms with Crippen LogP contribution in [0, 0.1) is 23.7 Å². The first-order chi connectivity index (χ1) is 53.1. The summed E-state index contributed by atoms with van der Waals surface area (Å²) in [5, 5.41) is 0. The molecule has 0 spiro atoms. The zero-order valence-corrected chi connectivity index (χ0v) is 73.9. The SMILES string of the molecule is CCCCCCCCC(CCCCCC)C(=O)OCCCCCCN(CCCCCCOC(=O)C(CCCCCC)CCCCCCCC)CCN1CCN(CCN(CCCCCCOC(=O)C(CCCCCC)CCCCCCCC)CCCCCCOC(=O)C(CCCCCC)CCCCCCCC)CC1. The number of piperazine rings is 1. The van der Waals surface area contributed by atoms with Crippen LogP contribution >= 0.6 is 0 Å². The van der Waals surface area contributed by atoms with Crippen LogP contribution in [-0.2, 0) is 38.1 Å². The molecule has 1 aliphatic rings. The maximum atomic E-state index is 13.4. The fraction of sp³-hybridized carbons (Fsp3) is 0.958. The first kappa shape index (κ1) is 104. The number of ether oxygens (including phenoxy) is 4. The molecule has 1 fully saturated rings. The normalized spacial score (nSPS) is 14.1. The van der Waals surface area contributed by atoms with Gasteiger partial charge in [0.05, 0.1) is 50.1 Å². The average Bonchev–Trinajstić information content (AvgIpc) is 0.902. The Bertz CT molecular complexity index is 1650. The lowest BCUT2D eigenvalue weighted by Crippen LogP contribution is -2.50. The van der Waals surface area contributed by atoms with E-state index in [0.29, 0.717) is 26.4 Å². The van der Waals surface area contributed by atoms with Crippen molar-refractivity contribution in [3.63, 3.8) is 0 Å². The van der Waals surface area contributed by atoms with Gasteiger partial charge in [-0.15, -0.1) is 0 Å². The van der Waals surface area contributed by atoms with Crippen molar-refractivity contribution in [1.29, 1.82) is 0 Å². The summed E-state index contributed by atoms with van der Waals surface area (Å²) in [6, 6.07) is 0. The number of rotatable bonds is 86. The molecule has 0 aromatic heterocycles. The standard InChI is InChI=1S/C96H188N4O8/c1-9-17-25-33-37-53-69-89(65-49-29-21-13-5)93(101)105-85-61-45-41-57-73-97(74-58-42-46-62-86-106-94(102)90(66-50-30-22-14-6)70-54-38-34-26-18-10-2)77-79-99-81-83-100(84-82-99)80-78-98(75-59-43-47-63-87-107-95(103)91(67-51-31-23-15-7)71-55-39-35-27-19-11-3)76-60-44-48-64-88-108-96(104)92(68-52-32-24-16-8)72-56-40-36-28-20-12-4/h89-92H,9-88H2,1-8H3. The van der Waals surface area contributed by atoms with Crippen LogP contribution in [0.3, 0.4) is 0 Å². The monoisotopic (exact) mass is 1530 g/mol. The summed E-state index contributed by atoms with van der Waals surface area (Å²) < 4.78 is 24.1. The van der Waals surface area contributed by atoms with Gasteiger partial charge in [0.2, 0.25) is 0 Å². The topological polar surface area (TPSA) is 118 Å². The molecule has 640 valence electrons. The Hall–Kier alpha value is -2.28. The fourth-order valence-electron chi connectivity index (χ4n) is 16.3. The van der Waals surface area contributed by atoms with Crippen LogP contribution in [-0.4, -0.2) is 148 Å². The molecular formula is C96H188N4O8. The summed E-state index contributed by atoms with van der Waals surface area (Å²) in [5.74, 6) is 0.523. The van der Waals surface area contributed by atoms with Gasteiger partial charge >= 0.3 is 23.9 Å². The summed E-state index contributed by atoms with van der Waals surface area (Å²) in [5.41, 5.74) is 0. The van der Waals surface area contributed by atoms with Crippen LogP contribution in [0.5, 0.6) is 0 Å². The molecule has 1 saturated heterocycles. The molecule has 0 N–H and O–H groups in total. The maximum absolute atomic E-state index is 13.4. The molecule has 0 aromatic carbocycles. The third-order valence-corrected chi connectivity index (χ3v) is 24.0. The summed E-state index contributed by atoms with van der Waals surface area (Å²) in [6.45, 7) is 33.7. The van der Waals surface area contributed by atoms with Crippen LogP contribution in [0.15, 0.2) is 0 Å². The zero-order chi connectivity index (χ0) is 78.3. The molecule has 12 heteroatoms. The molecule has 12 nitrogen and oxygen atoms in total. The second-order valence-electron chi connectivity index (χ2n) is 34.1. The van der Waals surface area contributed by atoms with Gasteiger partial charge in [0.25, 0.3) is 0 Å². The van der Waals surface area contributed by atoms with E-state index in [-0.39, 0.29) is 47.5 Å². The predicted molar refractivity (Wildman–Crippen MR) is 464 cm³/mol. The van der Waals surface area contributed by atoms with E-state index < -0.39 is 0 Å². The second-order valence-corrected chi connectivity index (χ2v) is 34.1. The lowest BCUT2D eigenvalue weighted by Gasteiger charge is -2.37. The highest BCUT2D eigenvalue weighted by molar-refractivity contribution is 5.73. The van der Waals surface area contributed by atoms with Crippen molar-refractivity contribution in [2.75, 3.05) is 105 Å². The van der Waals surface area contributed by atoms with Gasteiger partial charge in [0, 0.05) is 52.4 Å². The van der Waals surface area contributed by atoms with Gasteiger partial charge in [-0.2, -0.15) is 0 Å². The van der Waals surface area contributed by atoms with Crippen LogP contribution in [0.1, 0.15) is 466 Å². The minimum absolute atomic E-state index is 0.0625. The highest BCUT2D eigenvalue weighted by atomic mass is 16.5. The lowest BCUT2D eigenvalue weighted by atomic mass is 9.94. The van der Waals surface area contributed by atoms with Gasteiger partial charge < -0.3 is 28.7 Å². The van der Waals surface area contributed by atoms with Gasteiger partial charge in [-0.3, -0.25) is 29.0 Å². The third-order valence-electron chi connectivity index (χ3n) is 24.0. The van der Waals surface area contributed by atoms with E-state index in [1.165, 1.54) is 231 Å². The largest absolute Gasteiger partial charge is 0.465 e. The number of nitrogens with zero attached hydrogens (tertiary/aromatic N) is 4. The molecule has 0 aliphatic carbocycles. The maximum Gasteiger partial charge on any atom is 0.308 e. The van der Waals surface area contributed by atoms with Crippen molar-refractivity contribution in [3.8, 4) is 0 Å². The molecule has 0 radical (unpaired) electrons. The number of carbonyl (C=O) groups excluding carboxylic acids is 4. The molecule has 0 bridgehead atoms. The molecule has 1 aliphatic heterocycles. The molecule has 4 unspecified atom stereocenters. The Balaban J connectivity index is 2.98. The Kier molecular flexibility index (Phi) is 78.1. The minimum atomic E-state index is 0.0625. The van der Waals surface area contributed by atoms with E-state index in [1.54, 1.807) is 0 Å². The van der Waals surface area contributed by atoms with Crippen molar-refractivity contribution in [1.82, 2.24) is 19.6 Å². The van der Waals surface area contributed by atoms with E-state index >= 15 is 0 Å². The van der Waals surface area contributed by atoms with E-state index in [1.807, 2.05) is 0 Å². The average molecular weight is 1530 g/mol. The molecule has 1 rings (SSSR count). The Morgan fingerprint density at radius 2 is 0.370 bits per heavy atom. The molecule has 108 heavy (non-hydrogen) atoms. The number of hydrogen-bond donors (Lipinski definition) is 0. The summed E-state index contributed by atoms with van der Waals surface area (Å²) in [4.78, 5) is 64.7. The van der Waals surface area contributed by atoms with Crippen molar-refractivity contribution >= 4 is 23.9 Å². The molecule has 1 heterocycles. The molecule has 4 atom stereocenters.